The van der Waals surface area contributed by atoms with Gasteiger partial charge in [-0.3, -0.25) is 0 Å². The highest BCUT2D eigenvalue weighted by Crippen LogP contribution is 2.46. The zero-order valence-corrected chi connectivity index (χ0v) is 25.4. The Kier molecular flexibility index (Phi) is 5.60. The number of hydrogen-bond acceptors (Lipinski definition) is 4. The van der Waals surface area contributed by atoms with Gasteiger partial charge >= 0.3 is 0 Å². The van der Waals surface area contributed by atoms with Crippen molar-refractivity contribution in [2.45, 2.75) is 6.17 Å². The van der Waals surface area contributed by atoms with Crippen molar-refractivity contribution in [1.82, 2.24) is 0 Å². The minimum absolute atomic E-state index is 0.0234. The average molecular weight is 605 g/mol. The molecule has 1 aliphatic rings. The highest BCUT2D eigenvalue weighted by molar-refractivity contribution is 6.09. The predicted molar refractivity (Wildman–Crippen MR) is 193 cm³/mol. The number of furan rings is 2. The van der Waals surface area contributed by atoms with Crippen LogP contribution in [-0.2, 0) is 0 Å². The monoisotopic (exact) mass is 604 g/mol. The molecule has 0 spiro atoms. The fourth-order valence-corrected chi connectivity index (χ4v) is 7.17. The van der Waals surface area contributed by atoms with Crippen molar-refractivity contribution in [1.29, 1.82) is 0 Å². The summed E-state index contributed by atoms with van der Waals surface area (Å²) < 4.78 is 12.4. The summed E-state index contributed by atoms with van der Waals surface area (Å²) in [4.78, 5) is 2.38. The molecule has 10 rings (SSSR count). The molecule has 0 saturated heterocycles. The molecule has 9 aromatic rings. The van der Waals surface area contributed by atoms with Gasteiger partial charge in [0.2, 0.25) is 0 Å². The molecule has 0 amide bonds. The third-order valence-corrected chi connectivity index (χ3v) is 9.49. The lowest BCUT2D eigenvalue weighted by Crippen LogP contribution is -2.23. The summed E-state index contributed by atoms with van der Waals surface area (Å²) in [7, 11) is 0. The molecule has 1 atom stereocenters. The van der Waals surface area contributed by atoms with Crippen LogP contribution in [0.4, 0.5) is 17.1 Å². The maximum atomic E-state index is 6.29. The molecule has 0 radical (unpaired) electrons. The van der Waals surface area contributed by atoms with Crippen LogP contribution < -0.4 is 10.2 Å². The van der Waals surface area contributed by atoms with E-state index in [-0.39, 0.29) is 6.17 Å². The molecule has 1 N–H and O–H groups in total. The van der Waals surface area contributed by atoms with E-state index in [1.54, 1.807) is 0 Å². The molecule has 4 nitrogen and oxygen atoms in total. The van der Waals surface area contributed by atoms with E-state index in [9.17, 15) is 0 Å². The van der Waals surface area contributed by atoms with E-state index < -0.39 is 0 Å². The molecule has 47 heavy (non-hydrogen) atoms. The van der Waals surface area contributed by atoms with Gasteiger partial charge in [-0.1, -0.05) is 91.0 Å². The van der Waals surface area contributed by atoms with Gasteiger partial charge in [-0.05, 0) is 94.5 Å². The lowest BCUT2D eigenvalue weighted by atomic mass is 9.99. The van der Waals surface area contributed by atoms with Gasteiger partial charge in [0.15, 0.2) is 0 Å². The van der Waals surface area contributed by atoms with Gasteiger partial charge in [0, 0.05) is 27.2 Å². The molecule has 0 fully saturated rings. The van der Waals surface area contributed by atoms with E-state index in [2.05, 4.69) is 156 Å². The lowest BCUT2D eigenvalue weighted by molar-refractivity contribution is 0.668. The predicted octanol–water partition coefficient (Wildman–Crippen LogP) is 12.1. The van der Waals surface area contributed by atoms with Gasteiger partial charge in [0.25, 0.3) is 0 Å². The zero-order chi connectivity index (χ0) is 30.9. The van der Waals surface area contributed by atoms with Crippen molar-refractivity contribution in [3.05, 3.63) is 163 Å². The highest BCUT2D eigenvalue weighted by Gasteiger charge is 2.30. The smallest absolute Gasteiger partial charge is 0.135 e. The van der Waals surface area contributed by atoms with E-state index in [4.69, 9.17) is 8.83 Å². The Morgan fingerprint density at radius 3 is 1.62 bits per heavy atom. The van der Waals surface area contributed by atoms with Crippen molar-refractivity contribution in [2.24, 2.45) is 0 Å². The summed E-state index contributed by atoms with van der Waals surface area (Å²) in [6.07, 6.45) is 0.0234. The first-order chi connectivity index (χ1) is 23.3. The summed E-state index contributed by atoms with van der Waals surface area (Å²) in [6.45, 7) is 0. The SMILES string of the molecule is c1ccc(C2Nc3ccccc3N2c2ccc(-c3ccc4oc5ccc(-c6ccc7oc8ccccc8c7c6)cc5c4c3)cc2)cc1. The van der Waals surface area contributed by atoms with Crippen LogP contribution in [0.2, 0.25) is 0 Å². The molecular weight excluding hydrogens is 576 g/mol. The van der Waals surface area contributed by atoms with E-state index in [1.807, 2.05) is 12.1 Å². The molecule has 7 aromatic carbocycles. The van der Waals surface area contributed by atoms with Crippen LogP contribution in [0.5, 0.6) is 0 Å². The molecule has 1 unspecified atom stereocenters. The van der Waals surface area contributed by atoms with Crippen molar-refractivity contribution in [3.63, 3.8) is 0 Å². The summed E-state index contributed by atoms with van der Waals surface area (Å²) in [5.41, 5.74) is 12.9. The summed E-state index contributed by atoms with van der Waals surface area (Å²) >= 11 is 0. The van der Waals surface area contributed by atoms with Gasteiger partial charge in [-0.2, -0.15) is 0 Å². The fraction of sp³-hybridized carbons (Fsp3) is 0.0233. The van der Waals surface area contributed by atoms with E-state index in [1.165, 1.54) is 11.3 Å². The first-order valence-corrected chi connectivity index (χ1v) is 16.0. The third kappa shape index (κ3) is 4.15. The number of nitrogens with zero attached hydrogens (tertiary/aromatic N) is 1. The molecular formula is C43H28N2O2. The number of anilines is 3. The first-order valence-electron chi connectivity index (χ1n) is 16.0. The van der Waals surface area contributed by atoms with Gasteiger partial charge in [-0.25, -0.2) is 0 Å². The van der Waals surface area contributed by atoms with E-state index >= 15 is 0 Å². The Balaban J connectivity index is 1.02. The Bertz CT molecular complexity index is 2610. The van der Waals surface area contributed by atoms with E-state index in [0.29, 0.717) is 0 Å². The Hall–Kier alpha value is -6.26. The quantitative estimate of drug-likeness (QED) is 0.217. The number of fused-ring (bicyclic) bond motifs is 7. The van der Waals surface area contributed by atoms with E-state index in [0.717, 1.165) is 77.5 Å². The topological polar surface area (TPSA) is 41.5 Å². The Morgan fingerprint density at radius 1 is 0.426 bits per heavy atom. The Morgan fingerprint density at radius 2 is 0.936 bits per heavy atom. The highest BCUT2D eigenvalue weighted by atomic mass is 16.3. The first kappa shape index (κ1) is 26.0. The van der Waals surface area contributed by atoms with Crippen molar-refractivity contribution in [3.8, 4) is 22.3 Å². The van der Waals surface area contributed by atoms with Crippen LogP contribution >= 0.6 is 0 Å². The maximum Gasteiger partial charge on any atom is 0.135 e. The Labute approximate surface area is 271 Å². The maximum absolute atomic E-state index is 6.29. The lowest BCUT2D eigenvalue weighted by Gasteiger charge is -2.27. The second-order valence-electron chi connectivity index (χ2n) is 12.2. The number of nitrogens with one attached hydrogen (secondary N) is 1. The number of hydrogen-bond donors (Lipinski definition) is 1. The summed E-state index contributed by atoms with van der Waals surface area (Å²) in [5.74, 6) is 0. The second-order valence-corrected chi connectivity index (χ2v) is 12.2. The molecule has 0 saturated carbocycles. The summed E-state index contributed by atoms with van der Waals surface area (Å²) in [5, 5.41) is 8.21. The van der Waals surface area contributed by atoms with Crippen molar-refractivity contribution >= 4 is 60.9 Å². The minimum atomic E-state index is 0.0234. The number of rotatable bonds is 4. The van der Waals surface area contributed by atoms with Crippen LogP contribution in [0, 0.1) is 0 Å². The fourth-order valence-electron chi connectivity index (χ4n) is 7.17. The van der Waals surface area contributed by atoms with Gasteiger partial charge in [-0.15, -0.1) is 0 Å². The normalized spacial score (nSPS) is 14.3. The van der Waals surface area contributed by atoms with Crippen LogP contribution in [0.1, 0.15) is 11.7 Å². The second kappa shape index (κ2) is 10.1. The van der Waals surface area contributed by atoms with Crippen LogP contribution in [0.25, 0.3) is 66.1 Å². The minimum Gasteiger partial charge on any atom is -0.456 e. The molecule has 1 aliphatic heterocycles. The van der Waals surface area contributed by atoms with Gasteiger partial charge in [0.05, 0.1) is 11.4 Å². The standard InChI is InChI=1S/C43H28N2O2/c1-2-8-28(9-3-1)43-44-37-11-5-6-12-38(37)45(43)32-19-14-27(15-20-32)29-16-21-41-35(24-29)36-26-31(18-23-42(36)47-41)30-17-22-40-34(25-30)33-10-4-7-13-39(33)46-40/h1-26,43-44H. The third-order valence-electron chi connectivity index (χ3n) is 9.49. The van der Waals surface area contributed by atoms with Crippen LogP contribution in [-0.4, -0.2) is 0 Å². The van der Waals surface area contributed by atoms with Crippen LogP contribution in [0.3, 0.4) is 0 Å². The molecule has 4 heteroatoms. The molecule has 3 heterocycles. The number of para-hydroxylation sites is 3. The van der Waals surface area contributed by atoms with Crippen molar-refractivity contribution in [2.75, 3.05) is 10.2 Å². The number of benzene rings is 7. The largest absolute Gasteiger partial charge is 0.456 e. The molecule has 0 aliphatic carbocycles. The van der Waals surface area contributed by atoms with Gasteiger partial charge < -0.3 is 19.1 Å². The molecule has 2 aromatic heterocycles. The molecule has 0 bridgehead atoms. The summed E-state index contributed by atoms with van der Waals surface area (Å²) in [6, 6.07) is 55.6. The molecule has 222 valence electrons. The average Bonchev–Trinajstić information content (AvgIpc) is 3.82. The zero-order valence-electron chi connectivity index (χ0n) is 25.4. The van der Waals surface area contributed by atoms with Crippen LogP contribution in [0.15, 0.2) is 167 Å². The van der Waals surface area contributed by atoms with Gasteiger partial charge in [0.1, 0.15) is 28.5 Å². The van der Waals surface area contributed by atoms with Crippen molar-refractivity contribution < 1.29 is 8.83 Å².